The zero-order valence-electron chi connectivity index (χ0n) is 29.7. The Balaban J connectivity index is 1.17. The van der Waals surface area contributed by atoms with Crippen LogP contribution in [0.15, 0.2) is 79.1 Å². The molecule has 10 N–H and O–H groups in total. The van der Waals surface area contributed by atoms with E-state index in [9.17, 15) is 40.2 Å². The van der Waals surface area contributed by atoms with Gasteiger partial charge in [-0.05, 0) is 65.9 Å². The first kappa shape index (κ1) is 37.2. The Labute approximate surface area is 315 Å². The summed E-state index contributed by atoms with van der Waals surface area (Å²) in [6, 6.07) is 18.2. The summed E-state index contributed by atoms with van der Waals surface area (Å²) in [7, 11) is 0. The number of aliphatic hydroxyl groups excluding tert-OH is 3. The van der Waals surface area contributed by atoms with Crippen molar-refractivity contribution in [3.8, 4) is 17.2 Å². The molecule has 1 aliphatic heterocycles. The number of aromatic nitrogens is 4. The number of benzene rings is 3. The summed E-state index contributed by atoms with van der Waals surface area (Å²) in [6.07, 6.45) is -0.347. The highest BCUT2D eigenvalue weighted by atomic mass is 16.3. The van der Waals surface area contributed by atoms with Crippen LogP contribution in [0.25, 0.3) is 11.2 Å². The van der Waals surface area contributed by atoms with Crippen LogP contribution in [0.2, 0.25) is 0 Å². The summed E-state index contributed by atoms with van der Waals surface area (Å²) in [6.45, 7) is 0.695. The first-order valence-corrected chi connectivity index (χ1v) is 18.0. The Morgan fingerprint density at radius 1 is 0.873 bits per heavy atom. The van der Waals surface area contributed by atoms with E-state index in [1.165, 1.54) is 6.33 Å². The van der Waals surface area contributed by atoms with Crippen molar-refractivity contribution in [3.05, 3.63) is 95.8 Å². The van der Waals surface area contributed by atoms with Gasteiger partial charge in [-0.1, -0.05) is 36.4 Å². The van der Waals surface area contributed by atoms with Gasteiger partial charge in [0.1, 0.15) is 36.1 Å². The van der Waals surface area contributed by atoms with Gasteiger partial charge in [-0.15, -0.1) is 0 Å². The number of phenolic OH excluding ortho intramolecular Hbond substituents is 3. The van der Waals surface area contributed by atoms with E-state index < -0.39 is 36.8 Å². The quantitative estimate of drug-likeness (QED) is 0.0867. The molecule has 1 unspecified atom stereocenters. The Morgan fingerprint density at radius 2 is 1.58 bits per heavy atom. The summed E-state index contributed by atoms with van der Waals surface area (Å²) in [5.74, 6) is 0.160. The normalized spacial score (nSPS) is 20.9. The van der Waals surface area contributed by atoms with E-state index in [-0.39, 0.29) is 48.2 Å². The minimum atomic E-state index is -1.31. The SMILES string of the molecule is O=C(CO)N[C@H]1C[C@@H](n2cnc3c(NCC(c4ccc(O)cc4)c4ccc(O)cc4)nc(N4CCC(NC(=O)NCc5cccc(O)c5)C4)nc32)[C@H](O)[C@@H]1O. The number of phenols is 3. The van der Waals surface area contributed by atoms with Crippen molar-refractivity contribution < 1.29 is 40.2 Å². The molecule has 5 aromatic rings. The summed E-state index contributed by atoms with van der Waals surface area (Å²) in [5, 5.41) is 72.7. The number of aliphatic hydroxyl groups is 3. The lowest BCUT2D eigenvalue weighted by atomic mass is 9.91. The molecule has 2 fully saturated rings. The van der Waals surface area contributed by atoms with Crippen LogP contribution in [0.4, 0.5) is 16.6 Å². The predicted molar refractivity (Wildman–Crippen MR) is 201 cm³/mol. The third kappa shape index (κ3) is 8.33. The number of hydrogen-bond donors (Lipinski definition) is 10. The van der Waals surface area contributed by atoms with Gasteiger partial charge in [0, 0.05) is 38.1 Å². The molecule has 2 aromatic heterocycles. The van der Waals surface area contributed by atoms with Crippen molar-refractivity contribution in [2.75, 3.05) is 36.5 Å². The fraction of sp³-hybridized carbons (Fsp3) is 0.342. The summed E-state index contributed by atoms with van der Waals surface area (Å²) in [5.41, 5.74) is 3.29. The van der Waals surface area contributed by atoms with E-state index in [0.717, 1.165) is 16.7 Å². The number of carbonyl (C=O) groups is 2. The predicted octanol–water partition coefficient (Wildman–Crippen LogP) is 1.41. The average Bonchev–Trinajstić information content (AvgIpc) is 3.90. The molecular formula is C38H43N9O8. The van der Waals surface area contributed by atoms with E-state index >= 15 is 0 Å². The molecule has 5 atom stereocenters. The lowest BCUT2D eigenvalue weighted by Gasteiger charge is -2.22. The summed E-state index contributed by atoms with van der Waals surface area (Å²) < 4.78 is 1.66. The van der Waals surface area contributed by atoms with E-state index in [2.05, 4.69) is 26.3 Å². The first-order chi connectivity index (χ1) is 26.6. The van der Waals surface area contributed by atoms with E-state index in [1.54, 1.807) is 53.1 Å². The molecule has 55 heavy (non-hydrogen) atoms. The number of amides is 3. The number of carbonyl (C=O) groups excluding carboxylic acids is 2. The number of imidazole rings is 1. The molecule has 1 aliphatic carbocycles. The van der Waals surface area contributed by atoms with Gasteiger partial charge in [-0.2, -0.15) is 9.97 Å². The molecule has 1 saturated carbocycles. The van der Waals surface area contributed by atoms with Gasteiger partial charge >= 0.3 is 6.03 Å². The highest BCUT2D eigenvalue weighted by molar-refractivity contribution is 5.85. The highest BCUT2D eigenvalue weighted by Gasteiger charge is 2.44. The fourth-order valence-electron chi connectivity index (χ4n) is 7.28. The van der Waals surface area contributed by atoms with Gasteiger partial charge in [0.2, 0.25) is 11.9 Å². The van der Waals surface area contributed by atoms with Gasteiger partial charge in [0.05, 0.1) is 18.4 Å². The van der Waals surface area contributed by atoms with Gasteiger partial charge in [0.15, 0.2) is 17.0 Å². The standard InChI is InChI=1S/C38H43N9O8/c48-19-31(52)43-29-15-30(34(54)33(29)53)47-20-41-32-35(39-17-28(22-4-8-25(49)9-5-22)23-6-10-26(50)11-7-23)44-37(45-36(32)47)46-13-12-24(18-46)42-38(55)40-16-21-2-1-3-27(51)14-21/h1-11,14,20,24,28-30,33-34,48-51,53-54H,12-13,15-19H2,(H,43,52)(H,39,44,45)(H2,40,42,55)/t24?,29-,30+,33+,34-/m0/s1. The number of urea groups is 1. The summed E-state index contributed by atoms with van der Waals surface area (Å²) in [4.78, 5) is 41.1. The Kier molecular flexibility index (Phi) is 10.8. The van der Waals surface area contributed by atoms with Crippen molar-refractivity contribution in [1.82, 2.24) is 35.5 Å². The van der Waals surface area contributed by atoms with Crippen molar-refractivity contribution in [2.24, 2.45) is 0 Å². The Bertz CT molecular complexity index is 2090. The van der Waals surface area contributed by atoms with Crippen molar-refractivity contribution in [3.63, 3.8) is 0 Å². The van der Waals surface area contributed by atoms with E-state index in [0.29, 0.717) is 49.0 Å². The number of aromatic hydroxyl groups is 3. The average molecular weight is 754 g/mol. The molecule has 2 aliphatic rings. The van der Waals surface area contributed by atoms with Crippen LogP contribution in [0.1, 0.15) is 41.5 Å². The van der Waals surface area contributed by atoms with Crippen molar-refractivity contribution in [2.45, 2.75) is 55.6 Å². The van der Waals surface area contributed by atoms with Crippen LogP contribution in [0.5, 0.6) is 17.2 Å². The lowest BCUT2D eigenvalue weighted by Crippen LogP contribution is -2.44. The number of hydrogen-bond acceptors (Lipinski definition) is 13. The maximum atomic E-state index is 12.8. The van der Waals surface area contributed by atoms with Gasteiger partial charge in [-0.3, -0.25) is 4.79 Å². The second kappa shape index (κ2) is 16.1. The van der Waals surface area contributed by atoms with Crippen molar-refractivity contribution in [1.29, 1.82) is 0 Å². The van der Waals surface area contributed by atoms with E-state index in [1.807, 2.05) is 29.2 Å². The number of nitrogens with zero attached hydrogens (tertiary/aromatic N) is 5. The second-order valence-corrected chi connectivity index (χ2v) is 13.9. The number of rotatable bonds is 12. The molecule has 17 heteroatoms. The molecule has 0 spiro atoms. The van der Waals surface area contributed by atoms with Crippen LogP contribution in [-0.4, -0.2) is 113 Å². The minimum absolute atomic E-state index is 0.112. The van der Waals surface area contributed by atoms with Gasteiger partial charge in [0.25, 0.3) is 0 Å². The van der Waals surface area contributed by atoms with E-state index in [4.69, 9.17) is 9.97 Å². The molecule has 3 aromatic carbocycles. The molecule has 0 radical (unpaired) electrons. The molecule has 3 heterocycles. The topological polar surface area (TPSA) is 250 Å². The first-order valence-electron chi connectivity index (χ1n) is 18.0. The van der Waals surface area contributed by atoms with Crippen LogP contribution in [0.3, 0.4) is 0 Å². The molecular weight excluding hydrogens is 710 g/mol. The van der Waals surface area contributed by atoms with Gasteiger partial charge < -0.3 is 61.4 Å². The fourth-order valence-corrected chi connectivity index (χ4v) is 7.28. The third-order valence-corrected chi connectivity index (χ3v) is 10.1. The maximum Gasteiger partial charge on any atom is 0.315 e. The minimum Gasteiger partial charge on any atom is -0.508 e. The largest absolute Gasteiger partial charge is 0.508 e. The molecule has 288 valence electrons. The lowest BCUT2D eigenvalue weighted by molar-refractivity contribution is -0.125. The molecule has 3 amide bonds. The van der Waals surface area contributed by atoms with Crippen LogP contribution in [-0.2, 0) is 11.3 Å². The Morgan fingerprint density at radius 3 is 2.25 bits per heavy atom. The number of nitrogens with one attached hydrogen (secondary N) is 4. The molecule has 1 saturated heterocycles. The maximum absolute atomic E-state index is 12.8. The number of anilines is 2. The Hall–Kier alpha value is -6.17. The van der Waals surface area contributed by atoms with Crippen LogP contribution < -0.4 is 26.2 Å². The molecule has 0 bridgehead atoms. The smallest absolute Gasteiger partial charge is 0.315 e. The zero-order valence-corrected chi connectivity index (χ0v) is 29.7. The molecule has 17 nitrogen and oxygen atoms in total. The van der Waals surface area contributed by atoms with Crippen LogP contribution in [0, 0.1) is 0 Å². The summed E-state index contributed by atoms with van der Waals surface area (Å²) >= 11 is 0. The highest BCUT2D eigenvalue weighted by Crippen LogP contribution is 2.36. The van der Waals surface area contributed by atoms with Gasteiger partial charge in [-0.25, -0.2) is 9.78 Å². The number of fused-ring (bicyclic) bond motifs is 1. The molecule has 7 rings (SSSR count). The third-order valence-electron chi connectivity index (χ3n) is 10.1. The second-order valence-electron chi connectivity index (χ2n) is 13.9. The monoisotopic (exact) mass is 753 g/mol. The van der Waals surface area contributed by atoms with Crippen molar-refractivity contribution >= 4 is 34.9 Å². The zero-order chi connectivity index (χ0) is 38.6. The van der Waals surface area contributed by atoms with Crippen LogP contribution >= 0.6 is 0 Å².